The van der Waals surface area contributed by atoms with Crippen molar-refractivity contribution in [3.8, 4) is 0 Å². The lowest BCUT2D eigenvalue weighted by atomic mass is 10.0. The van der Waals surface area contributed by atoms with Crippen molar-refractivity contribution in [3.05, 3.63) is 46.1 Å². The zero-order valence-electron chi connectivity index (χ0n) is 15.3. The van der Waals surface area contributed by atoms with Gasteiger partial charge in [-0.3, -0.25) is 9.36 Å². The molecule has 1 atom stereocenters. The number of benzene rings is 1. The number of nitrogens with one attached hydrogen (secondary N) is 2. The van der Waals surface area contributed by atoms with Gasteiger partial charge in [0, 0.05) is 25.3 Å². The number of aryl methyl sites for hydroxylation is 1. The molecule has 4 rings (SSSR count). The van der Waals surface area contributed by atoms with Gasteiger partial charge in [-0.25, -0.2) is 9.89 Å². The lowest BCUT2D eigenvalue weighted by Gasteiger charge is -2.31. The standard InChI is InChI=1S/C19H25N5O3/c25-17(13-16-18-21-22-19(26)24(18)11-12-27-16)20-8-4-10-23-9-3-6-14-5-1-2-7-15(14)23/h1-2,5,7,16H,3-4,6,8-13H2,(H,20,25)(H,22,26). The molecule has 1 aromatic heterocycles. The number of para-hydroxylation sites is 1. The number of aromatic nitrogens is 3. The average Bonchev–Trinajstić information content (AvgIpc) is 3.07. The topological polar surface area (TPSA) is 92.2 Å². The Bertz CT molecular complexity index is 859. The fourth-order valence-electron chi connectivity index (χ4n) is 3.88. The van der Waals surface area contributed by atoms with Gasteiger partial charge in [-0.15, -0.1) is 0 Å². The highest BCUT2D eigenvalue weighted by atomic mass is 16.5. The first-order valence-corrected chi connectivity index (χ1v) is 9.58. The zero-order chi connectivity index (χ0) is 18.6. The smallest absolute Gasteiger partial charge is 0.343 e. The fraction of sp³-hybridized carbons (Fsp3) is 0.526. The molecular formula is C19H25N5O3. The lowest BCUT2D eigenvalue weighted by Crippen LogP contribution is -2.34. The van der Waals surface area contributed by atoms with Crippen molar-refractivity contribution < 1.29 is 9.53 Å². The third-order valence-corrected chi connectivity index (χ3v) is 5.21. The number of nitrogens with zero attached hydrogens (tertiary/aromatic N) is 3. The minimum Gasteiger partial charge on any atom is -0.371 e. The van der Waals surface area contributed by atoms with E-state index in [1.807, 2.05) is 0 Å². The van der Waals surface area contributed by atoms with E-state index >= 15 is 0 Å². The molecule has 8 heteroatoms. The molecule has 2 aliphatic rings. The van der Waals surface area contributed by atoms with Crippen LogP contribution in [0.1, 0.15) is 36.8 Å². The summed E-state index contributed by atoms with van der Waals surface area (Å²) >= 11 is 0. The van der Waals surface area contributed by atoms with Crippen LogP contribution in [0.15, 0.2) is 29.1 Å². The third-order valence-electron chi connectivity index (χ3n) is 5.21. The van der Waals surface area contributed by atoms with Gasteiger partial charge in [-0.2, -0.15) is 5.10 Å². The molecule has 27 heavy (non-hydrogen) atoms. The van der Waals surface area contributed by atoms with Gasteiger partial charge in [-0.05, 0) is 30.9 Å². The van der Waals surface area contributed by atoms with Crippen molar-refractivity contribution in [2.75, 3.05) is 31.1 Å². The summed E-state index contributed by atoms with van der Waals surface area (Å²) in [6, 6.07) is 8.55. The molecule has 0 radical (unpaired) electrons. The normalized spacial score (nSPS) is 18.7. The van der Waals surface area contributed by atoms with Crippen LogP contribution in [0.3, 0.4) is 0 Å². The monoisotopic (exact) mass is 371 g/mol. The second-order valence-electron chi connectivity index (χ2n) is 7.02. The van der Waals surface area contributed by atoms with E-state index < -0.39 is 6.10 Å². The molecule has 0 fully saturated rings. The maximum absolute atomic E-state index is 12.2. The van der Waals surface area contributed by atoms with Gasteiger partial charge >= 0.3 is 5.69 Å². The van der Waals surface area contributed by atoms with Crippen LogP contribution in [-0.4, -0.2) is 46.9 Å². The number of aromatic amines is 1. The number of anilines is 1. The molecule has 144 valence electrons. The van der Waals surface area contributed by atoms with Crippen LogP contribution in [-0.2, 0) is 22.5 Å². The van der Waals surface area contributed by atoms with Crippen LogP contribution in [0.2, 0.25) is 0 Å². The molecule has 0 saturated carbocycles. The average molecular weight is 371 g/mol. The maximum Gasteiger partial charge on any atom is 0.343 e. The first-order valence-electron chi connectivity index (χ1n) is 9.58. The number of amides is 1. The molecular weight excluding hydrogens is 346 g/mol. The molecule has 8 nitrogen and oxygen atoms in total. The number of hydrogen-bond acceptors (Lipinski definition) is 5. The molecule has 1 aromatic carbocycles. The maximum atomic E-state index is 12.2. The second-order valence-corrected chi connectivity index (χ2v) is 7.02. The number of fused-ring (bicyclic) bond motifs is 2. The van der Waals surface area contributed by atoms with E-state index in [0.717, 1.165) is 25.9 Å². The predicted octanol–water partition coefficient (Wildman–Crippen LogP) is 0.992. The van der Waals surface area contributed by atoms with E-state index in [-0.39, 0.29) is 18.0 Å². The summed E-state index contributed by atoms with van der Waals surface area (Å²) in [5.41, 5.74) is 2.48. The number of carbonyl (C=O) groups excluding carboxylic acids is 1. The summed E-state index contributed by atoms with van der Waals surface area (Å²) in [5, 5.41) is 9.36. The molecule has 1 unspecified atom stereocenters. The largest absolute Gasteiger partial charge is 0.371 e. The highest BCUT2D eigenvalue weighted by Crippen LogP contribution is 2.26. The molecule has 0 saturated heterocycles. The van der Waals surface area contributed by atoms with E-state index in [0.29, 0.717) is 25.5 Å². The van der Waals surface area contributed by atoms with Crippen molar-refractivity contribution in [1.82, 2.24) is 20.1 Å². The van der Waals surface area contributed by atoms with Crippen LogP contribution in [0.4, 0.5) is 5.69 Å². The SMILES string of the molecule is O=C(CC1OCCn2c1n[nH]c2=O)NCCCN1CCCc2ccccc21. The van der Waals surface area contributed by atoms with Crippen LogP contribution in [0.5, 0.6) is 0 Å². The molecule has 3 heterocycles. The van der Waals surface area contributed by atoms with Crippen LogP contribution < -0.4 is 15.9 Å². The molecule has 0 aliphatic carbocycles. The van der Waals surface area contributed by atoms with Crippen molar-refractivity contribution >= 4 is 11.6 Å². The Morgan fingerprint density at radius 3 is 3.15 bits per heavy atom. The molecule has 0 bridgehead atoms. The number of carbonyl (C=O) groups is 1. The Morgan fingerprint density at radius 2 is 2.22 bits per heavy atom. The van der Waals surface area contributed by atoms with E-state index in [4.69, 9.17) is 4.74 Å². The summed E-state index contributed by atoms with van der Waals surface area (Å²) in [5.74, 6) is 0.425. The van der Waals surface area contributed by atoms with Crippen LogP contribution in [0, 0.1) is 0 Å². The van der Waals surface area contributed by atoms with E-state index in [1.165, 1.54) is 22.2 Å². The lowest BCUT2D eigenvalue weighted by molar-refractivity contribution is -0.125. The minimum atomic E-state index is -0.466. The molecule has 2 aromatic rings. The highest BCUT2D eigenvalue weighted by molar-refractivity contribution is 5.76. The number of hydrogen-bond donors (Lipinski definition) is 2. The van der Waals surface area contributed by atoms with Gasteiger partial charge in [0.25, 0.3) is 0 Å². The zero-order valence-corrected chi connectivity index (χ0v) is 15.3. The first kappa shape index (κ1) is 17.8. The molecule has 0 spiro atoms. The van der Waals surface area contributed by atoms with Crippen LogP contribution in [0.25, 0.3) is 0 Å². The van der Waals surface area contributed by atoms with Crippen molar-refractivity contribution in [3.63, 3.8) is 0 Å². The second kappa shape index (κ2) is 7.96. The summed E-state index contributed by atoms with van der Waals surface area (Å²) in [4.78, 5) is 26.3. The summed E-state index contributed by atoms with van der Waals surface area (Å²) in [6.45, 7) is 3.50. The Morgan fingerprint density at radius 1 is 1.33 bits per heavy atom. The minimum absolute atomic E-state index is 0.0806. The molecule has 1 amide bonds. The Labute approximate surface area is 157 Å². The summed E-state index contributed by atoms with van der Waals surface area (Å²) in [7, 11) is 0. The fourth-order valence-corrected chi connectivity index (χ4v) is 3.88. The first-order chi connectivity index (χ1) is 13.2. The van der Waals surface area contributed by atoms with Gasteiger partial charge in [0.15, 0.2) is 5.82 Å². The number of H-pyrrole nitrogens is 1. The van der Waals surface area contributed by atoms with Gasteiger partial charge in [0.05, 0.1) is 19.6 Å². The highest BCUT2D eigenvalue weighted by Gasteiger charge is 2.27. The molecule has 2 N–H and O–H groups in total. The Hall–Kier alpha value is -2.61. The summed E-state index contributed by atoms with van der Waals surface area (Å²) < 4.78 is 7.15. The van der Waals surface area contributed by atoms with Crippen molar-refractivity contribution in [2.45, 2.75) is 38.3 Å². The Kier molecular flexibility index (Phi) is 5.24. The number of ether oxygens (including phenoxy) is 1. The predicted molar refractivity (Wildman–Crippen MR) is 101 cm³/mol. The quantitative estimate of drug-likeness (QED) is 0.739. The van der Waals surface area contributed by atoms with Gasteiger partial charge in [0.1, 0.15) is 6.10 Å². The Balaban J connectivity index is 1.24. The van der Waals surface area contributed by atoms with Crippen LogP contribution >= 0.6 is 0 Å². The third kappa shape index (κ3) is 3.90. The number of rotatable bonds is 6. The van der Waals surface area contributed by atoms with E-state index in [2.05, 4.69) is 44.7 Å². The van der Waals surface area contributed by atoms with Gasteiger partial charge in [-0.1, -0.05) is 18.2 Å². The van der Waals surface area contributed by atoms with Gasteiger partial charge in [0.2, 0.25) is 5.91 Å². The summed E-state index contributed by atoms with van der Waals surface area (Å²) in [6.07, 6.45) is 2.92. The van der Waals surface area contributed by atoms with Crippen molar-refractivity contribution in [2.24, 2.45) is 0 Å². The van der Waals surface area contributed by atoms with Crippen molar-refractivity contribution in [1.29, 1.82) is 0 Å². The van der Waals surface area contributed by atoms with E-state index in [1.54, 1.807) is 0 Å². The van der Waals surface area contributed by atoms with Gasteiger partial charge < -0.3 is 15.0 Å². The molecule has 2 aliphatic heterocycles. The van der Waals surface area contributed by atoms with E-state index in [9.17, 15) is 9.59 Å².